The maximum absolute atomic E-state index is 13.0. The topological polar surface area (TPSA) is 58.6 Å². The van der Waals surface area contributed by atoms with Crippen LogP contribution in [0.1, 0.15) is 44.2 Å². The van der Waals surface area contributed by atoms with Gasteiger partial charge in [0.05, 0.1) is 24.2 Å². The van der Waals surface area contributed by atoms with Crippen molar-refractivity contribution < 1.29 is 14.6 Å². The number of fused-ring (bicyclic) bond motifs is 1. The van der Waals surface area contributed by atoms with Gasteiger partial charge in [-0.15, -0.1) is 0 Å². The minimum Gasteiger partial charge on any atom is -0.497 e. The van der Waals surface area contributed by atoms with Gasteiger partial charge >= 0.3 is 0 Å². The number of methoxy groups -OCH3 is 1. The van der Waals surface area contributed by atoms with Gasteiger partial charge in [-0.2, -0.15) is 0 Å². The molecule has 4 atom stereocenters. The zero-order valence-electron chi connectivity index (χ0n) is 15.4. The van der Waals surface area contributed by atoms with Crippen molar-refractivity contribution in [2.24, 2.45) is 11.8 Å². The molecule has 3 fully saturated rings. The predicted molar refractivity (Wildman–Crippen MR) is 96.6 cm³/mol. The van der Waals surface area contributed by atoms with Crippen LogP contribution in [-0.2, 0) is 10.2 Å². The Morgan fingerprint density at radius 1 is 1.32 bits per heavy atom. The first-order chi connectivity index (χ1) is 11.7. The van der Waals surface area contributed by atoms with Crippen LogP contribution in [0.5, 0.6) is 5.75 Å². The van der Waals surface area contributed by atoms with E-state index in [-0.39, 0.29) is 11.9 Å². The quantitative estimate of drug-likeness (QED) is 0.828. The summed E-state index contributed by atoms with van der Waals surface area (Å²) >= 11 is 0. The van der Waals surface area contributed by atoms with E-state index in [0.29, 0.717) is 11.8 Å². The number of aliphatic hydroxyl groups is 1. The lowest BCUT2D eigenvalue weighted by Crippen LogP contribution is -2.62. The van der Waals surface area contributed by atoms with E-state index in [9.17, 15) is 9.90 Å². The zero-order chi connectivity index (χ0) is 18.0. The summed E-state index contributed by atoms with van der Waals surface area (Å²) in [4.78, 5) is 13.0. The minimum atomic E-state index is -0.645. The van der Waals surface area contributed by atoms with Gasteiger partial charge < -0.3 is 15.2 Å². The summed E-state index contributed by atoms with van der Waals surface area (Å²) in [6, 6.07) is 6.00. The van der Waals surface area contributed by atoms with Gasteiger partial charge in [0.2, 0.25) is 5.91 Å². The molecule has 0 aromatic heterocycles. The molecule has 1 aromatic carbocycles. The first-order valence-electron chi connectivity index (χ1n) is 9.14. The fourth-order valence-electron chi connectivity index (χ4n) is 4.92. The van der Waals surface area contributed by atoms with E-state index in [1.807, 2.05) is 39.0 Å². The largest absolute Gasteiger partial charge is 0.497 e. The second-order valence-corrected chi connectivity index (χ2v) is 8.62. The van der Waals surface area contributed by atoms with E-state index in [0.717, 1.165) is 41.7 Å². The van der Waals surface area contributed by atoms with E-state index in [4.69, 9.17) is 4.74 Å². The lowest BCUT2D eigenvalue weighted by atomic mass is 9.50. The molecule has 6 rings (SSSR count). The molecule has 3 saturated carbocycles. The summed E-state index contributed by atoms with van der Waals surface area (Å²) < 4.78 is 5.36. The van der Waals surface area contributed by atoms with Gasteiger partial charge in [-0.25, -0.2) is 0 Å². The molecule has 0 saturated heterocycles. The maximum Gasteiger partial charge on any atom is 0.230 e. The van der Waals surface area contributed by atoms with Crippen LogP contribution in [0.3, 0.4) is 0 Å². The number of amides is 1. The highest BCUT2D eigenvalue weighted by atomic mass is 16.5. The van der Waals surface area contributed by atoms with Crippen molar-refractivity contribution in [3.8, 4) is 5.75 Å². The van der Waals surface area contributed by atoms with Crippen LogP contribution in [0.2, 0.25) is 0 Å². The van der Waals surface area contributed by atoms with Crippen molar-refractivity contribution in [3.63, 3.8) is 0 Å². The average molecular weight is 341 g/mol. The summed E-state index contributed by atoms with van der Waals surface area (Å²) in [6.45, 7) is 5.92. The van der Waals surface area contributed by atoms with Gasteiger partial charge in [0.1, 0.15) is 5.75 Å². The highest BCUT2D eigenvalue weighted by Crippen LogP contribution is 2.59. The molecule has 134 valence electrons. The number of hydrogen-bond donors (Lipinski definition) is 2. The third-order valence-electron chi connectivity index (χ3n) is 6.49. The first kappa shape index (κ1) is 16.6. The zero-order valence-corrected chi connectivity index (χ0v) is 15.4. The molecule has 0 radical (unpaired) electrons. The molecular weight excluding hydrogens is 314 g/mol. The maximum atomic E-state index is 13.0. The summed E-state index contributed by atoms with van der Waals surface area (Å²) in [5.74, 6) is 1.70. The average Bonchev–Trinajstić information content (AvgIpc) is 2.56. The van der Waals surface area contributed by atoms with Crippen molar-refractivity contribution in [3.05, 3.63) is 41.0 Å². The molecule has 1 unspecified atom stereocenters. The number of benzene rings is 1. The van der Waals surface area contributed by atoms with Crippen molar-refractivity contribution in [1.29, 1.82) is 0 Å². The number of hydrogen-bond acceptors (Lipinski definition) is 3. The van der Waals surface area contributed by atoms with Crippen LogP contribution < -0.4 is 10.1 Å². The Hall–Kier alpha value is -1.81. The molecule has 4 heteroatoms. The van der Waals surface area contributed by atoms with Crippen molar-refractivity contribution in [2.75, 3.05) is 7.11 Å². The Kier molecular flexibility index (Phi) is 3.56. The number of nitrogens with one attached hydrogen (secondary N) is 1. The van der Waals surface area contributed by atoms with Crippen molar-refractivity contribution >= 4 is 5.91 Å². The molecule has 1 amide bonds. The Bertz CT molecular complexity index is 766. The van der Waals surface area contributed by atoms with Crippen molar-refractivity contribution in [2.45, 2.75) is 57.1 Å². The number of carbonyl (C=O) groups is 1. The van der Waals surface area contributed by atoms with Gasteiger partial charge in [0.15, 0.2) is 0 Å². The van der Waals surface area contributed by atoms with Crippen LogP contribution >= 0.6 is 0 Å². The predicted octanol–water partition coefficient (Wildman–Crippen LogP) is 2.87. The molecule has 5 aliphatic rings. The van der Waals surface area contributed by atoms with Gasteiger partial charge in [-0.05, 0) is 80.7 Å². The molecule has 2 N–H and O–H groups in total. The number of rotatable bonds is 4. The van der Waals surface area contributed by atoms with E-state index in [1.54, 1.807) is 7.11 Å². The Balaban J connectivity index is 1.55. The summed E-state index contributed by atoms with van der Waals surface area (Å²) in [6.07, 6.45) is 4.91. The Labute approximate surface area is 149 Å². The van der Waals surface area contributed by atoms with E-state index in [2.05, 4.69) is 11.4 Å². The minimum absolute atomic E-state index is 0.0233. The Morgan fingerprint density at radius 2 is 2.08 bits per heavy atom. The van der Waals surface area contributed by atoms with E-state index < -0.39 is 11.0 Å². The molecule has 5 aliphatic carbocycles. The number of aryl methyl sites for hydroxylation is 1. The lowest BCUT2D eigenvalue weighted by molar-refractivity contribution is -0.128. The number of carbonyl (C=O) groups excluding carboxylic acids is 1. The Morgan fingerprint density at radius 3 is 2.68 bits per heavy atom. The second-order valence-electron chi connectivity index (χ2n) is 8.62. The van der Waals surface area contributed by atoms with Gasteiger partial charge in [0, 0.05) is 0 Å². The smallest absolute Gasteiger partial charge is 0.230 e. The third-order valence-corrected chi connectivity index (χ3v) is 6.49. The molecule has 4 nitrogen and oxygen atoms in total. The van der Waals surface area contributed by atoms with E-state index in [1.165, 1.54) is 0 Å². The highest BCUT2D eigenvalue weighted by molar-refractivity contribution is 5.88. The normalized spacial score (nSPS) is 32.7. The van der Waals surface area contributed by atoms with Crippen LogP contribution in [0.4, 0.5) is 0 Å². The fourth-order valence-corrected chi connectivity index (χ4v) is 4.92. The fraction of sp³-hybridized carbons (Fsp3) is 0.571. The van der Waals surface area contributed by atoms with Gasteiger partial charge in [-0.3, -0.25) is 4.79 Å². The lowest BCUT2D eigenvalue weighted by Gasteiger charge is -2.59. The van der Waals surface area contributed by atoms with Crippen LogP contribution in [0.25, 0.3) is 0 Å². The second kappa shape index (κ2) is 5.34. The monoisotopic (exact) mass is 341 g/mol. The SMILES string of the molecule is COc1cc(C)cc(C(C)(C)C(=O)N[C@H]2C=C3C4C[C@H]2C[C@]3(O)C4)c1. The standard InChI is InChI=1S/C21H27NO3/c1-12-5-15(8-16(6-12)25-4)20(2,3)19(23)22-18-9-17-13-7-14(18)11-21(17,24)10-13/h5-6,8-9,13-14,18,24H,7,10-11H2,1-4H3,(H,22,23)/t13?,14-,18-,21+/m0/s1. The summed E-state index contributed by atoms with van der Waals surface area (Å²) in [5, 5.41) is 13.8. The molecule has 25 heavy (non-hydrogen) atoms. The molecule has 4 bridgehead atoms. The highest BCUT2D eigenvalue weighted by Gasteiger charge is 2.58. The van der Waals surface area contributed by atoms with Crippen LogP contribution in [0.15, 0.2) is 29.8 Å². The number of ether oxygens (including phenoxy) is 1. The first-order valence-corrected chi connectivity index (χ1v) is 9.14. The third kappa shape index (κ3) is 2.50. The molecular formula is C21H27NO3. The summed E-state index contributed by atoms with van der Waals surface area (Å²) in [5.41, 5.74) is 1.99. The summed E-state index contributed by atoms with van der Waals surface area (Å²) in [7, 11) is 1.65. The molecule has 0 spiro atoms. The van der Waals surface area contributed by atoms with Gasteiger partial charge in [0.25, 0.3) is 0 Å². The van der Waals surface area contributed by atoms with Crippen LogP contribution in [-0.4, -0.2) is 29.8 Å². The van der Waals surface area contributed by atoms with Crippen molar-refractivity contribution in [1.82, 2.24) is 5.32 Å². The molecule has 0 heterocycles. The van der Waals surface area contributed by atoms with Crippen LogP contribution in [0, 0.1) is 18.8 Å². The molecule has 1 aromatic rings. The molecule has 0 aliphatic heterocycles. The van der Waals surface area contributed by atoms with Gasteiger partial charge in [-0.1, -0.05) is 12.1 Å². The van der Waals surface area contributed by atoms with E-state index >= 15 is 0 Å².